The standard InChI is InChI=1S/C5H10N6S2/c1-11-9-3-5(10-11)13-12-4(6)2-8-7/h2-3,7,9-10H,6H2,1H3/b4-2+,8-7?. The Hall–Kier alpha value is -0.860. The number of rotatable bonds is 4. The van der Waals surface area contributed by atoms with Crippen LogP contribution in [0.4, 0.5) is 0 Å². The minimum absolute atomic E-state index is 0.497. The quantitative estimate of drug-likeness (QED) is 0.414. The van der Waals surface area contributed by atoms with E-state index in [1.807, 2.05) is 13.2 Å². The molecule has 0 aromatic heterocycles. The van der Waals surface area contributed by atoms with Crippen LogP contribution in [0.2, 0.25) is 0 Å². The summed E-state index contributed by atoms with van der Waals surface area (Å²) in [6, 6.07) is 0. The van der Waals surface area contributed by atoms with Crippen LogP contribution in [0.3, 0.4) is 0 Å². The highest BCUT2D eigenvalue weighted by atomic mass is 33.1. The molecule has 8 heteroatoms. The maximum atomic E-state index is 6.55. The Morgan fingerprint density at radius 2 is 2.62 bits per heavy atom. The summed E-state index contributed by atoms with van der Waals surface area (Å²) < 4.78 is 0. The molecule has 0 saturated heterocycles. The predicted octanol–water partition coefficient (Wildman–Crippen LogP) is 0.910. The molecule has 0 unspecified atom stereocenters. The van der Waals surface area contributed by atoms with Crippen molar-refractivity contribution in [1.29, 1.82) is 5.53 Å². The van der Waals surface area contributed by atoms with Crippen LogP contribution in [0.15, 0.2) is 27.6 Å². The molecular formula is C5H10N6S2. The normalized spacial score (nSPS) is 17.6. The van der Waals surface area contributed by atoms with Crippen LogP contribution in [0.5, 0.6) is 0 Å². The number of nitrogens with two attached hydrogens (primary N) is 1. The molecule has 13 heavy (non-hydrogen) atoms. The molecule has 72 valence electrons. The Labute approximate surface area is 83.8 Å². The van der Waals surface area contributed by atoms with Crippen LogP contribution in [0.1, 0.15) is 0 Å². The molecule has 0 spiro atoms. The van der Waals surface area contributed by atoms with Gasteiger partial charge in [0.2, 0.25) is 0 Å². The van der Waals surface area contributed by atoms with Crippen LogP contribution in [-0.4, -0.2) is 12.2 Å². The minimum Gasteiger partial charge on any atom is -0.392 e. The molecule has 0 radical (unpaired) electrons. The van der Waals surface area contributed by atoms with Gasteiger partial charge in [0.15, 0.2) is 0 Å². The van der Waals surface area contributed by atoms with Crippen molar-refractivity contribution < 1.29 is 0 Å². The molecular weight excluding hydrogens is 208 g/mol. The molecule has 0 fully saturated rings. The number of hydrogen-bond acceptors (Lipinski definition) is 8. The number of nitrogens with zero attached hydrogens (tertiary/aromatic N) is 2. The van der Waals surface area contributed by atoms with Crippen molar-refractivity contribution in [3.8, 4) is 0 Å². The van der Waals surface area contributed by atoms with Gasteiger partial charge in [-0.05, 0) is 21.6 Å². The first-order valence-corrected chi connectivity index (χ1v) is 5.51. The summed E-state index contributed by atoms with van der Waals surface area (Å²) in [6.45, 7) is 0. The maximum absolute atomic E-state index is 6.55. The minimum atomic E-state index is 0.497. The topological polar surface area (TPSA) is 89.5 Å². The second-order valence-electron chi connectivity index (χ2n) is 2.14. The third-order valence-corrected chi connectivity index (χ3v) is 3.22. The summed E-state index contributed by atoms with van der Waals surface area (Å²) in [5.74, 6) is 0. The fraction of sp³-hybridized carbons (Fsp3) is 0.200. The second kappa shape index (κ2) is 5.00. The lowest BCUT2D eigenvalue weighted by Crippen LogP contribution is -2.34. The molecule has 0 aliphatic carbocycles. The fourth-order valence-electron chi connectivity index (χ4n) is 0.606. The van der Waals surface area contributed by atoms with Gasteiger partial charge < -0.3 is 11.2 Å². The first-order valence-electron chi connectivity index (χ1n) is 3.36. The monoisotopic (exact) mass is 218 g/mol. The van der Waals surface area contributed by atoms with Gasteiger partial charge in [0, 0.05) is 13.2 Å². The Morgan fingerprint density at radius 3 is 3.15 bits per heavy atom. The zero-order valence-corrected chi connectivity index (χ0v) is 8.58. The Balaban J connectivity index is 2.27. The molecule has 0 amide bonds. The Morgan fingerprint density at radius 1 is 1.85 bits per heavy atom. The highest BCUT2D eigenvalue weighted by Crippen LogP contribution is 2.32. The van der Waals surface area contributed by atoms with Crippen LogP contribution in [-0.2, 0) is 0 Å². The molecule has 0 saturated carbocycles. The summed E-state index contributed by atoms with van der Waals surface area (Å²) in [5, 5.41) is 6.23. The smallest absolute Gasteiger partial charge is 0.113 e. The summed E-state index contributed by atoms with van der Waals surface area (Å²) in [7, 11) is 4.66. The summed E-state index contributed by atoms with van der Waals surface area (Å²) in [4.78, 5) is 0. The van der Waals surface area contributed by atoms with Crippen LogP contribution in [0.25, 0.3) is 0 Å². The van der Waals surface area contributed by atoms with E-state index in [2.05, 4.69) is 16.0 Å². The molecule has 1 aliphatic rings. The van der Waals surface area contributed by atoms with Crippen LogP contribution < -0.4 is 16.6 Å². The highest BCUT2D eigenvalue weighted by Gasteiger charge is 2.08. The lowest BCUT2D eigenvalue weighted by atomic mass is 10.9. The molecule has 1 rings (SSSR count). The van der Waals surface area contributed by atoms with Gasteiger partial charge in [-0.25, -0.2) is 5.53 Å². The lowest BCUT2D eigenvalue weighted by Gasteiger charge is -2.09. The van der Waals surface area contributed by atoms with Gasteiger partial charge in [-0.3, -0.25) is 5.43 Å². The van der Waals surface area contributed by atoms with Crippen molar-refractivity contribution in [1.82, 2.24) is 16.0 Å². The van der Waals surface area contributed by atoms with Crippen LogP contribution >= 0.6 is 21.6 Å². The molecule has 0 bridgehead atoms. The summed E-state index contributed by atoms with van der Waals surface area (Å²) >= 11 is 0. The second-order valence-corrected chi connectivity index (χ2v) is 4.38. The van der Waals surface area contributed by atoms with E-state index >= 15 is 0 Å². The molecule has 0 aromatic rings. The third kappa shape index (κ3) is 3.57. The van der Waals surface area contributed by atoms with Crippen molar-refractivity contribution in [2.75, 3.05) is 7.05 Å². The lowest BCUT2D eigenvalue weighted by molar-refractivity contribution is 0.245. The number of nitrogens with one attached hydrogen (secondary N) is 3. The average molecular weight is 218 g/mol. The van der Waals surface area contributed by atoms with E-state index in [0.717, 1.165) is 5.03 Å². The first-order chi connectivity index (χ1) is 6.22. The van der Waals surface area contributed by atoms with E-state index in [4.69, 9.17) is 11.3 Å². The van der Waals surface area contributed by atoms with Gasteiger partial charge in [-0.1, -0.05) is 0 Å². The van der Waals surface area contributed by atoms with Gasteiger partial charge in [0.25, 0.3) is 0 Å². The average Bonchev–Trinajstić information content (AvgIpc) is 2.49. The van der Waals surface area contributed by atoms with Crippen LogP contribution in [0, 0.1) is 5.53 Å². The molecule has 1 aliphatic heterocycles. The molecule has 0 aromatic carbocycles. The summed E-state index contributed by atoms with van der Waals surface area (Å²) in [5.41, 5.74) is 18.0. The van der Waals surface area contributed by atoms with Crippen molar-refractivity contribution in [2.24, 2.45) is 10.8 Å². The first kappa shape index (κ1) is 10.2. The van der Waals surface area contributed by atoms with Gasteiger partial charge >= 0.3 is 0 Å². The largest absolute Gasteiger partial charge is 0.392 e. The maximum Gasteiger partial charge on any atom is 0.113 e. The number of hydrazine groups is 2. The van der Waals surface area contributed by atoms with Gasteiger partial charge in [-0.2, -0.15) is 5.11 Å². The Bertz CT molecular complexity index is 249. The SMILES string of the molecule is CN1NC=C(SS/C(N)=C/N=N)N1. The molecule has 5 N–H and O–H groups in total. The molecule has 6 nitrogen and oxygen atoms in total. The third-order valence-electron chi connectivity index (χ3n) is 1.09. The van der Waals surface area contributed by atoms with E-state index in [9.17, 15) is 0 Å². The summed E-state index contributed by atoms with van der Waals surface area (Å²) in [6.07, 6.45) is 3.12. The zero-order valence-electron chi connectivity index (χ0n) is 6.94. The van der Waals surface area contributed by atoms with E-state index in [-0.39, 0.29) is 0 Å². The van der Waals surface area contributed by atoms with Crippen molar-refractivity contribution in [3.05, 3.63) is 22.5 Å². The molecule has 1 heterocycles. The van der Waals surface area contributed by atoms with Gasteiger partial charge in [-0.15, -0.1) is 5.12 Å². The van der Waals surface area contributed by atoms with Crippen molar-refractivity contribution in [3.63, 3.8) is 0 Å². The number of hydrogen-bond donors (Lipinski definition) is 4. The van der Waals surface area contributed by atoms with Gasteiger partial charge in [0.05, 0.1) is 11.2 Å². The Kier molecular flexibility index (Phi) is 3.93. The van der Waals surface area contributed by atoms with E-state index in [1.165, 1.54) is 27.8 Å². The fourth-order valence-corrected chi connectivity index (χ4v) is 2.11. The molecule has 0 atom stereocenters. The van der Waals surface area contributed by atoms with Crippen molar-refractivity contribution >= 4 is 21.6 Å². The zero-order chi connectivity index (χ0) is 9.68. The van der Waals surface area contributed by atoms with Gasteiger partial charge in [0.1, 0.15) is 5.03 Å². The predicted molar refractivity (Wildman–Crippen MR) is 54.7 cm³/mol. The van der Waals surface area contributed by atoms with E-state index < -0.39 is 0 Å². The van der Waals surface area contributed by atoms with E-state index in [1.54, 1.807) is 5.12 Å². The van der Waals surface area contributed by atoms with Crippen molar-refractivity contribution in [2.45, 2.75) is 0 Å². The van der Waals surface area contributed by atoms with E-state index in [0.29, 0.717) is 5.03 Å². The highest BCUT2D eigenvalue weighted by molar-refractivity contribution is 8.79.